The van der Waals surface area contributed by atoms with Gasteiger partial charge < -0.3 is 14.7 Å². The molecule has 0 radical (unpaired) electrons. The van der Waals surface area contributed by atoms with Gasteiger partial charge in [-0.25, -0.2) is 8.78 Å². The number of ether oxygens (including phenoxy) is 1. The van der Waals surface area contributed by atoms with E-state index < -0.39 is 11.6 Å². The molecule has 0 amide bonds. The highest BCUT2D eigenvalue weighted by atomic mass is 19.1. The van der Waals surface area contributed by atoms with Crippen LogP contribution in [0.2, 0.25) is 0 Å². The summed E-state index contributed by atoms with van der Waals surface area (Å²) in [4.78, 5) is 1.61. The van der Waals surface area contributed by atoms with E-state index in [2.05, 4.69) is 0 Å². The average Bonchev–Trinajstić information content (AvgIpc) is 2.33. The van der Waals surface area contributed by atoms with E-state index in [0.29, 0.717) is 13.2 Å². The first-order valence-corrected chi connectivity index (χ1v) is 5.89. The molecule has 0 fully saturated rings. The number of rotatable bonds is 6. The molecule has 1 unspecified atom stereocenters. The highest BCUT2D eigenvalue weighted by Crippen LogP contribution is 2.26. The van der Waals surface area contributed by atoms with E-state index in [1.165, 1.54) is 0 Å². The molecule has 0 aliphatic rings. The summed E-state index contributed by atoms with van der Waals surface area (Å²) >= 11 is 0. The predicted molar refractivity (Wildman–Crippen MR) is 66.6 cm³/mol. The monoisotopic (exact) mass is 259 g/mol. The zero-order chi connectivity index (χ0) is 13.7. The molecule has 0 saturated carbocycles. The summed E-state index contributed by atoms with van der Waals surface area (Å²) in [6.45, 7) is 4.13. The first-order valence-electron chi connectivity index (χ1n) is 5.89. The summed E-state index contributed by atoms with van der Waals surface area (Å²) < 4.78 is 32.8. The van der Waals surface area contributed by atoms with Crippen molar-refractivity contribution in [3.63, 3.8) is 0 Å². The maximum Gasteiger partial charge on any atom is 0.149 e. The minimum absolute atomic E-state index is 0.0701. The lowest BCUT2D eigenvalue weighted by atomic mass is 10.1. The van der Waals surface area contributed by atoms with Crippen molar-refractivity contribution in [1.29, 1.82) is 0 Å². The highest BCUT2D eigenvalue weighted by molar-refractivity contribution is 5.51. The Morgan fingerprint density at radius 3 is 2.28 bits per heavy atom. The number of hydrogen-bond acceptors (Lipinski definition) is 3. The van der Waals surface area contributed by atoms with E-state index >= 15 is 0 Å². The van der Waals surface area contributed by atoms with Crippen molar-refractivity contribution in [1.82, 2.24) is 0 Å². The second-order valence-corrected chi connectivity index (χ2v) is 4.16. The number of benzene rings is 1. The van der Waals surface area contributed by atoms with Gasteiger partial charge in [-0.3, -0.25) is 0 Å². The summed E-state index contributed by atoms with van der Waals surface area (Å²) in [5.74, 6) is -1.33. The van der Waals surface area contributed by atoms with Crippen LogP contribution in [0.5, 0.6) is 0 Å². The van der Waals surface area contributed by atoms with Gasteiger partial charge in [-0.05, 0) is 31.5 Å². The van der Waals surface area contributed by atoms with Gasteiger partial charge in [0.05, 0.1) is 13.2 Å². The van der Waals surface area contributed by atoms with E-state index in [1.54, 1.807) is 12.0 Å². The molecule has 0 bridgehead atoms. The minimum atomic E-state index is -0.663. The molecule has 1 N–H and O–H groups in total. The Balaban J connectivity index is 3.13. The van der Waals surface area contributed by atoms with Gasteiger partial charge in [-0.2, -0.15) is 0 Å². The zero-order valence-electron chi connectivity index (χ0n) is 10.9. The second-order valence-electron chi connectivity index (χ2n) is 4.16. The first kappa shape index (κ1) is 14.9. The third-order valence-corrected chi connectivity index (χ3v) is 2.83. The summed E-state index contributed by atoms with van der Waals surface area (Å²) in [5.41, 5.74) is 0.156. The first-order chi connectivity index (χ1) is 8.54. The van der Waals surface area contributed by atoms with Crippen LogP contribution in [0.4, 0.5) is 14.5 Å². The highest BCUT2D eigenvalue weighted by Gasteiger charge is 2.21. The molecule has 1 aromatic carbocycles. The number of hydrogen-bond donors (Lipinski definition) is 1. The maximum atomic E-state index is 13.9. The Morgan fingerprint density at radius 2 is 1.89 bits per heavy atom. The van der Waals surface area contributed by atoms with Crippen molar-refractivity contribution in [2.24, 2.45) is 0 Å². The molecule has 0 aliphatic carbocycles. The number of likely N-dealkylation sites (N-methyl/N-ethyl adjacent to an activating group) is 1. The summed E-state index contributed by atoms with van der Waals surface area (Å²) in [7, 11) is 1.55. The fourth-order valence-electron chi connectivity index (χ4n) is 2.01. The lowest BCUT2D eigenvalue weighted by Crippen LogP contribution is -2.37. The van der Waals surface area contributed by atoms with Crippen LogP contribution in [0.3, 0.4) is 0 Å². The molecule has 18 heavy (non-hydrogen) atoms. The van der Waals surface area contributed by atoms with Crippen LogP contribution >= 0.6 is 0 Å². The normalized spacial score (nSPS) is 12.6. The topological polar surface area (TPSA) is 32.7 Å². The maximum absolute atomic E-state index is 13.9. The van der Waals surface area contributed by atoms with Crippen molar-refractivity contribution < 1.29 is 18.6 Å². The molecular weight excluding hydrogens is 240 g/mol. The van der Waals surface area contributed by atoms with Gasteiger partial charge >= 0.3 is 0 Å². The van der Waals surface area contributed by atoms with Crippen molar-refractivity contribution in [2.45, 2.75) is 26.5 Å². The Hall–Kier alpha value is -1.20. The largest absolute Gasteiger partial charge is 0.392 e. The lowest BCUT2D eigenvalue weighted by molar-refractivity contribution is 0.181. The Kier molecular flexibility index (Phi) is 5.50. The van der Waals surface area contributed by atoms with Crippen LogP contribution in [0, 0.1) is 11.6 Å². The van der Waals surface area contributed by atoms with Gasteiger partial charge in [0.2, 0.25) is 0 Å². The fourth-order valence-corrected chi connectivity index (χ4v) is 2.01. The molecule has 0 spiro atoms. The molecule has 102 valence electrons. The standard InChI is InChI=1S/C13H19F2NO2/c1-4-16(9(2)8-18-3)13-11(14)5-10(7-17)6-12(13)15/h5-6,9,17H,4,7-8H2,1-3H3. The van der Waals surface area contributed by atoms with Gasteiger partial charge in [-0.15, -0.1) is 0 Å². The van der Waals surface area contributed by atoms with Crippen LogP contribution < -0.4 is 4.90 Å². The van der Waals surface area contributed by atoms with E-state index in [-0.39, 0.29) is 23.9 Å². The molecule has 3 nitrogen and oxygen atoms in total. The minimum Gasteiger partial charge on any atom is -0.392 e. The Labute approximate surface area is 106 Å². The molecule has 0 saturated heterocycles. The molecule has 0 heterocycles. The summed E-state index contributed by atoms with van der Waals surface area (Å²) in [6.07, 6.45) is 0. The van der Waals surface area contributed by atoms with Gasteiger partial charge in [-0.1, -0.05) is 0 Å². The van der Waals surface area contributed by atoms with E-state index in [4.69, 9.17) is 9.84 Å². The number of halogens is 2. The molecule has 1 aromatic rings. The van der Waals surface area contributed by atoms with E-state index in [9.17, 15) is 8.78 Å². The number of aliphatic hydroxyl groups excluding tert-OH is 1. The number of methoxy groups -OCH3 is 1. The van der Waals surface area contributed by atoms with E-state index in [1.807, 2.05) is 13.8 Å². The summed E-state index contributed by atoms with van der Waals surface area (Å²) in [6, 6.07) is 2.17. The molecule has 5 heteroatoms. The van der Waals surface area contributed by atoms with Crippen LogP contribution in [0.25, 0.3) is 0 Å². The van der Waals surface area contributed by atoms with Crippen LogP contribution in [0.15, 0.2) is 12.1 Å². The predicted octanol–water partition coefficient (Wildman–Crippen LogP) is 2.32. The van der Waals surface area contributed by atoms with Gasteiger partial charge in [0, 0.05) is 19.7 Å². The Bertz CT molecular complexity index is 376. The Morgan fingerprint density at radius 1 is 1.33 bits per heavy atom. The SMILES string of the molecule is CCN(c1c(F)cc(CO)cc1F)C(C)COC. The average molecular weight is 259 g/mol. The summed E-state index contributed by atoms with van der Waals surface area (Å²) in [5, 5.41) is 8.90. The van der Waals surface area contributed by atoms with Gasteiger partial charge in [0.1, 0.15) is 17.3 Å². The second kappa shape index (κ2) is 6.66. The molecule has 1 atom stereocenters. The number of nitrogens with zero attached hydrogens (tertiary/aromatic N) is 1. The van der Waals surface area contributed by atoms with Gasteiger partial charge in [0.25, 0.3) is 0 Å². The zero-order valence-corrected chi connectivity index (χ0v) is 10.9. The van der Waals surface area contributed by atoms with Crippen molar-refractivity contribution in [3.8, 4) is 0 Å². The van der Waals surface area contributed by atoms with Gasteiger partial charge in [0.15, 0.2) is 0 Å². The van der Waals surface area contributed by atoms with Crippen LogP contribution in [0.1, 0.15) is 19.4 Å². The molecular formula is C13H19F2NO2. The number of anilines is 1. The third kappa shape index (κ3) is 3.17. The van der Waals surface area contributed by atoms with Crippen molar-refractivity contribution >= 4 is 5.69 Å². The fraction of sp³-hybridized carbons (Fsp3) is 0.538. The van der Waals surface area contributed by atoms with Crippen molar-refractivity contribution in [2.75, 3.05) is 25.2 Å². The molecule has 0 aliphatic heterocycles. The molecule has 0 aromatic heterocycles. The van der Waals surface area contributed by atoms with E-state index in [0.717, 1.165) is 12.1 Å². The smallest absolute Gasteiger partial charge is 0.149 e. The van der Waals surface area contributed by atoms with Crippen LogP contribution in [-0.4, -0.2) is 31.4 Å². The molecule has 1 rings (SSSR count). The third-order valence-electron chi connectivity index (χ3n) is 2.83. The lowest BCUT2D eigenvalue weighted by Gasteiger charge is -2.30. The van der Waals surface area contributed by atoms with Crippen LogP contribution in [-0.2, 0) is 11.3 Å². The number of aliphatic hydroxyl groups is 1. The van der Waals surface area contributed by atoms with Crippen molar-refractivity contribution in [3.05, 3.63) is 29.3 Å². The quantitative estimate of drug-likeness (QED) is 0.851.